The Morgan fingerprint density at radius 1 is 1.19 bits per heavy atom. The summed E-state index contributed by atoms with van der Waals surface area (Å²) in [7, 11) is 0. The van der Waals surface area contributed by atoms with Crippen molar-refractivity contribution in [1.29, 1.82) is 0 Å². The maximum atomic E-state index is 12.6. The Balaban J connectivity index is 1.50. The Morgan fingerprint density at radius 2 is 1.94 bits per heavy atom. The van der Waals surface area contributed by atoms with Crippen molar-refractivity contribution in [3.8, 4) is 0 Å². The lowest BCUT2D eigenvalue weighted by Crippen LogP contribution is -2.40. The van der Waals surface area contributed by atoms with Crippen molar-refractivity contribution in [3.63, 3.8) is 0 Å². The van der Waals surface area contributed by atoms with Crippen LogP contribution in [0.5, 0.6) is 0 Å². The predicted octanol–water partition coefficient (Wildman–Crippen LogP) is 3.16. The van der Waals surface area contributed by atoms with Crippen molar-refractivity contribution in [3.05, 3.63) is 88.6 Å². The van der Waals surface area contributed by atoms with Crippen LogP contribution in [-0.4, -0.2) is 35.0 Å². The summed E-state index contributed by atoms with van der Waals surface area (Å²) in [5.74, 6) is 0.0329. The summed E-state index contributed by atoms with van der Waals surface area (Å²) in [6.07, 6.45) is 0.632. The van der Waals surface area contributed by atoms with Gasteiger partial charge in [0.15, 0.2) is 5.82 Å². The summed E-state index contributed by atoms with van der Waals surface area (Å²) in [6, 6.07) is 18.0. The van der Waals surface area contributed by atoms with Crippen LogP contribution in [0.3, 0.4) is 0 Å². The molecule has 7 nitrogen and oxygen atoms in total. The van der Waals surface area contributed by atoms with Crippen molar-refractivity contribution in [2.45, 2.75) is 12.6 Å². The Labute approximate surface area is 184 Å². The topological polar surface area (TPSA) is 94.6 Å². The number of aromatic nitrogens is 1. The highest BCUT2D eigenvalue weighted by Crippen LogP contribution is 2.30. The molecule has 1 aromatic heterocycles. The molecule has 3 aromatic rings. The molecule has 2 aromatic carbocycles. The van der Waals surface area contributed by atoms with E-state index < -0.39 is 6.10 Å². The van der Waals surface area contributed by atoms with Gasteiger partial charge in [-0.05, 0) is 29.3 Å². The van der Waals surface area contributed by atoms with Gasteiger partial charge in [-0.25, -0.2) is 4.98 Å². The molecule has 31 heavy (non-hydrogen) atoms. The first-order chi connectivity index (χ1) is 15.0. The monoisotopic (exact) mass is 436 g/mol. The number of benzene rings is 2. The molecule has 0 bridgehead atoms. The number of aliphatic hydroxyl groups is 1. The van der Waals surface area contributed by atoms with Gasteiger partial charge >= 0.3 is 0 Å². The molecule has 4 rings (SSSR count). The molecule has 0 aliphatic carbocycles. The molecule has 3 N–H and O–H groups in total. The van der Waals surface area contributed by atoms with Crippen LogP contribution in [0.2, 0.25) is 5.02 Å². The average Bonchev–Trinajstić information content (AvgIpc) is 2.80. The molecule has 158 valence electrons. The molecule has 0 saturated carbocycles. The van der Waals surface area contributed by atoms with Crippen molar-refractivity contribution in [1.82, 2.24) is 10.3 Å². The van der Waals surface area contributed by atoms with E-state index in [2.05, 4.69) is 15.6 Å². The Kier molecular flexibility index (Phi) is 6.16. The van der Waals surface area contributed by atoms with E-state index in [1.165, 1.54) is 6.20 Å². The Bertz CT molecular complexity index is 1090. The number of fused-ring (bicyclic) bond motifs is 1. The minimum absolute atomic E-state index is 0.0611. The maximum Gasteiger partial charge on any atom is 0.253 e. The normalized spacial score (nSPS) is 13.9. The van der Waals surface area contributed by atoms with Crippen LogP contribution in [0.25, 0.3) is 0 Å². The fourth-order valence-electron chi connectivity index (χ4n) is 3.34. The molecule has 8 heteroatoms. The molecular formula is C23H21ClN4O3. The van der Waals surface area contributed by atoms with E-state index in [9.17, 15) is 14.7 Å². The van der Waals surface area contributed by atoms with Gasteiger partial charge in [-0.2, -0.15) is 0 Å². The molecular weight excluding hydrogens is 416 g/mol. The maximum absolute atomic E-state index is 12.6. The molecule has 0 fully saturated rings. The van der Waals surface area contributed by atoms with Crippen LogP contribution in [0.15, 0.2) is 66.9 Å². The van der Waals surface area contributed by atoms with Crippen molar-refractivity contribution < 1.29 is 14.7 Å². The first-order valence-electron chi connectivity index (χ1n) is 9.81. The summed E-state index contributed by atoms with van der Waals surface area (Å²) < 4.78 is 0. The number of rotatable bonds is 6. The predicted molar refractivity (Wildman–Crippen MR) is 119 cm³/mol. The zero-order valence-corrected chi connectivity index (χ0v) is 17.3. The zero-order chi connectivity index (χ0) is 21.8. The van der Waals surface area contributed by atoms with Crippen molar-refractivity contribution >= 4 is 34.9 Å². The second kappa shape index (κ2) is 9.16. The second-order valence-corrected chi connectivity index (χ2v) is 7.62. The highest BCUT2D eigenvalue weighted by atomic mass is 35.5. The van der Waals surface area contributed by atoms with E-state index in [1.807, 2.05) is 30.3 Å². The van der Waals surface area contributed by atoms with Crippen LogP contribution in [0.4, 0.5) is 11.5 Å². The Morgan fingerprint density at radius 3 is 2.68 bits per heavy atom. The van der Waals surface area contributed by atoms with E-state index in [0.29, 0.717) is 28.6 Å². The quantitative estimate of drug-likeness (QED) is 0.551. The van der Waals surface area contributed by atoms with Gasteiger partial charge < -0.3 is 20.6 Å². The van der Waals surface area contributed by atoms with E-state index in [0.717, 1.165) is 11.1 Å². The first-order valence-corrected chi connectivity index (χ1v) is 10.2. The average molecular weight is 437 g/mol. The van der Waals surface area contributed by atoms with Crippen LogP contribution in [0, 0.1) is 0 Å². The van der Waals surface area contributed by atoms with Gasteiger partial charge in [0, 0.05) is 17.8 Å². The molecule has 1 unspecified atom stereocenters. The van der Waals surface area contributed by atoms with Gasteiger partial charge in [-0.15, -0.1) is 0 Å². The van der Waals surface area contributed by atoms with Crippen molar-refractivity contribution in [2.75, 3.05) is 23.3 Å². The lowest BCUT2D eigenvalue weighted by atomic mass is 10.1. The molecule has 1 aliphatic heterocycles. The summed E-state index contributed by atoms with van der Waals surface area (Å²) >= 11 is 5.95. The number of amides is 2. The summed E-state index contributed by atoms with van der Waals surface area (Å²) in [4.78, 5) is 31.1. The molecule has 1 aliphatic rings. The van der Waals surface area contributed by atoms with Crippen LogP contribution in [-0.2, 0) is 11.3 Å². The number of nitrogens with one attached hydrogen (secondary N) is 2. The zero-order valence-electron chi connectivity index (χ0n) is 16.6. The molecule has 2 amide bonds. The molecule has 0 radical (unpaired) electrons. The van der Waals surface area contributed by atoms with E-state index in [1.54, 1.807) is 35.2 Å². The third-order valence-electron chi connectivity index (χ3n) is 5.02. The van der Waals surface area contributed by atoms with Crippen LogP contribution in [0.1, 0.15) is 27.6 Å². The molecule has 1 atom stereocenters. The number of anilines is 2. The highest BCUT2D eigenvalue weighted by molar-refractivity contribution is 6.30. The van der Waals surface area contributed by atoms with Crippen LogP contribution < -0.4 is 15.5 Å². The third kappa shape index (κ3) is 4.84. The van der Waals surface area contributed by atoms with Crippen LogP contribution >= 0.6 is 11.6 Å². The number of pyridine rings is 1. The van der Waals surface area contributed by atoms with Gasteiger partial charge in [-0.1, -0.05) is 54.1 Å². The third-order valence-corrected chi connectivity index (χ3v) is 5.27. The lowest BCUT2D eigenvalue weighted by molar-refractivity contribution is -0.117. The van der Waals surface area contributed by atoms with Gasteiger partial charge in [0.05, 0.1) is 30.4 Å². The van der Waals surface area contributed by atoms with Gasteiger partial charge in [0.2, 0.25) is 5.91 Å². The SMILES string of the molecule is O=C(NCC(O)c1ccccc1)c1cnc2c(c1)N(Cc1ccc(Cl)cc1)C(=O)CN2. The fourth-order valence-corrected chi connectivity index (χ4v) is 3.46. The smallest absolute Gasteiger partial charge is 0.253 e. The van der Waals surface area contributed by atoms with Gasteiger partial charge in [0.25, 0.3) is 5.91 Å². The number of hydrogen-bond acceptors (Lipinski definition) is 5. The molecule has 0 spiro atoms. The first kappa shape index (κ1) is 20.8. The van der Waals surface area contributed by atoms with Gasteiger partial charge in [-0.3, -0.25) is 9.59 Å². The number of nitrogens with zero attached hydrogens (tertiary/aromatic N) is 2. The van der Waals surface area contributed by atoms with Crippen molar-refractivity contribution in [2.24, 2.45) is 0 Å². The van der Waals surface area contributed by atoms with E-state index in [4.69, 9.17) is 11.6 Å². The number of carbonyl (C=O) groups is 2. The van der Waals surface area contributed by atoms with Gasteiger partial charge in [0.1, 0.15) is 0 Å². The number of hydrogen-bond donors (Lipinski definition) is 3. The summed E-state index contributed by atoms with van der Waals surface area (Å²) in [5.41, 5.74) is 2.46. The number of carbonyl (C=O) groups excluding carboxylic acids is 2. The highest BCUT2D eigenvalue weighted by Gasteiger charge is 2.26. The summed E-state index contributed by atoms with van der Waals surface area (Å²) in [5, 5.41) is 16.6. The lowest BCUT2D eigenvalue weighted by Gasteiger charge is -2.29. The minimum atomic E-state index is -0.819. The summed E-state index contributed by atoms with van der Waals surface area (Å²) in [6.45, 7) is 0.526. The number of aliphatic hydroxyl groups excluding tert-OH is 1. The largest absolute Gasteiger partial charge is 0.387 e. The minimum Gasteiger partial charge on any atom is -0.387 e. The molecule has 2 heterocycles. The fraction of sp³-hybridized carbons (Fsp3) is 0.174. The second-order valence-electron chi connectivity index (χ2n) is 7.19. The van der Waals surface area contributed by atoms with E-state index >= 15 is 0 Å². The standard InChI is InChI=1S/C23H21ClN4O3/c24-18-8-6-15(7-9-18)14-28-19-10-17(11-25-22(19)26-13-21(28)30)23(31)27-12-20(29)16-4-2-1-3-5-16/h1-11,20,29H,12-14H2,(H,25,26)(H,27,31). The van der Waals surface area contributed by atoms with E-state index in [-0.39, 0.29) is 24.9 Å². The number of halogens is 1. The Hall–Kier alpha value is -3.42. The molecule has 0 saturated heterocycles.